The summed E-state index contributed by atoms with van der Waals surface area (Å²) in [6.07, 6.45) is 9.97. The van der Waals surface area contributed by atoms with Crippen molar-refractivity contribution in [3.8, 4) is 17.1 Å². The highest BCUT2D eigenvalue weighted by Gasteiger charge is 2.18. The van der Waals surface area contributed by atoms with Gasteiger partial charge in [-0.15, -0.1) is 10.2 Å². The number of pyridine rings is 1. The van der Waals surface area contributed by atoms with Crippen molar-refractivity contribution in [1.82, 2.24) is 40.2 Å². The molecule has 0 N–H and O–H groups in total. The van der Waals surface area contributed by atoms with E-state index in [2.05, 4.69) is 37.7 Å². The third kappa shape index (κ3) is 4.02. The van der Waals surface area contributed by atoms with E-state index in [1.54, 1.807) is 15.6 Å². The van der Waals surface area contributed by atoms with Gasteiger partial charge >= 0.3 is 0 Å². The van der Waals surface area contributed by atoms with Gasteiger partial charge in [0.2, 0.25) is 0 Å². The summed E-state index contributed by atoms with van der Waals surface area (Å²) in [6, 6.07) is 3.91. The zero-order valence-electron chi connectivity index (χ0n) is 16.5. The van der Waals surface area contributed by atoms with Crippen molar-refractivity contribution in [3.63, 3.8) is 0 Å². The molecular weight excluding hydrogens is 356 g/mol. The van der Waals surface area contributed by atoms with E-state index < -0.39 is 0 Å². The van der Waals surface area contributed by atoms with Gasteiger partial charge in [-0.3, -0.25) is 4.98 Å². The number of nitrogens with zero attached hydrogens (tertiary/aromatic N) is 8. The Bertz CT molecular complexity index is 895. The predicted molar refractivity (Wildman–Crippen MR) is 103 cm³/mol. The molecule has 1 fully saturated rings. The molecule has 1 aliphatic carbocycles. The molecule has 0 aliphatic heterocycles. The smallest absolute Gasteiger partial charge is 0.151 e. The number of tetrazole rings is 1. The monoisotopic (exact) mass is 382 g/mol. The summed E-state index contributed by atoms with van der Waals surface area (Å²) in [5, 5.41) is 20.5. The standard InChI is InChI=1S/C19H26N8O/c1-3-7-18-21-23-25-27(18)13-17-19(22-24-26(17)2)16-11-10-15(12-20-16)28-14-8-5-4-6-9-14/h10-12,14H,3-9,13H2,1-2H3. The average molecular weight is 382 g/mol. The van der Waals surface area contributed by atoms with Crippen molar-refractivity contribution < 1.29 is 4.74 Å². The van der Waals surface area contributed by atoms with E-state index in [-0.39, 0.29) is 0 Å². The molecule has 148 valence electrons. The topological polar surface area (TPSA) is 96.4 Å². The van der Waals surface area contributed by atoms with Crippen LogP contribution in [0.3, 0.4) is 0 Å². The third-order valence-electron chi connectivity index (χ3n) is 5.16. The van der Waals surface area contributed by atoms with E-state index in [1.807, 2.05) is 19.2 Å². The van der Waals surface area contributed by atoms with Crippen molar-refractivity contribution >= 4 is 0 Å². The lowest BCUT2D eigenvalue weighted by Crippen LogP contribution is -2.19. The van der Waals surface area contributed by atoms with Crippen molar-refractivity contribution in [2.24, 2.45) is 7.05 Å². The Morgan fingerprint density at radius 3 is 2.71 bits per heavy atom. The maximum Gasteiger partial charge on any atom is 0.151 e. The van der Waals surface area contributed by atoms with Crippen molar-refractivity contribution in [2.45, 2.75) is 64.5 Å². The second kappa shape index (κ2) is 8.45. The van der Waals surface area contributed by atoms with E-state index in [4.69, 9.17) is 4.74 Å². The van der Waals surface area contributed by atoms with Crippen LogP contribution in [0.5, 0.6) is 5.75 Å². The highest BCUT2D eigenvalue weighted by molar-refractivity contribution is 5.57. The van der Waals surface area contributed by atoms with Crippen LogP contribution < -0.4 is 4.74 Å². The Morgan fingerprint density at radius 1 is 1.11 bits per heavy atom. The SMILES string of the molecule is CCCc1nnnn1Cc1c(-c2ccc(OC3CCCCC3)cn2)nnn1C. The lowest BCUT2D eigenvalue weighted by molar-refractivity contribution is 0.154. The molecule has 1 aliphatic rings. The van der Waals surface area contributed by atoms with Gasteiger partial charge in [0.1, 0.15) is 11.4 Å². The summed E-state index contributed by atoms with van der Waals surface area (Å²) >= 11 is 0. The van der Waals surface area contributed by atoms with Crippen LogP contribution in [0.1, 0.15) is 57.0 Å². The minimum Gasteiger partial charge on any atom is -0.489 e. The minimum atomic E-state index is 0.310. The highest BCUT2D eigenvalue weighted by Crippen LogP contribution is 2.25. The van der Waals surface area contributed by atoms with Gasteiger partial charge in [0.15, 0.2) is 5.82 Å². The summed E-state index contributed by atoms with van der Waals surface area (Å²) in [5.74, 6) is 1.67. The Hall–Kier alpha value is -2.84. The van der Waals surface area contributed by atoms with E-state index in [0.717, 1.165) is 54.3 Å². The minimum absolute atomic E-state index is 0.310. The molecule has 0 saturated heterocycles. The van der Waals surface area contributed by atoms with E-state index in [9.17, 15) is 0 Å². The van der Waals surface area contributed by atoms with Gasteiger partial charge in [-0.05, 0) is 54.7 Å². The first kappa shape index (κ1) is 18.5. The number of rotatable bonds is 7. The van der Waals surface area contributed by atoms with Gasteiger partial charge in [0.05, 0.1) is 30.2 Å². The molecular formula is C19H26N8O. The van der Waals surface area contributed by atoms with Crippen LogP contribution in [-0.2, 0) is 20.0 Å². The van der Waals surface area contributed by atoms with Crippen molar-refractivity contribution in [3.05, 3.63) is 29.8 Å². The van der Waals surface area contributed by atoms with Crippen LogP contribution >= 0.6 is 0 Å². The molecule has 0 atom stereocenters. The van der Waals surface area contributed by atoms with Crippen LogP contribution in [0, 0.1) is 0 Å². The second-order valence-corrected chi connectivity index (χ2v) is 7.27. The number of hydrogen-bond donors (Lipinski definition) is 0. The molecule has 0 radical (unpaired) electrons. The van der Waals surface area contributed by atoms with Crippen LogP contribution in [-0.4, -0.2) is 46.3 Å². The Labute approximate surface area is 164 Å². The van der Waals surface area contributed by atoms with Gasteiger partial charge in [-0.25, -0.2) is 9.36 Å². The van der Waals surface area contributed by atoms with E-state index >= 15 is 0 Å². The third-order valence-corrected chi connectivity index (χ3v) is 5.16. The Kier molecular flexibility index (Phi) is 5.59. The number of ether oxygens (including phenoxy) is 1. The van der Waals surface area contributed by atoms with Crippen LogP contribution in [0.4, 0.5) is 0 Å². The Balaban J connectivity index is 1.52. The molecule has 0 unspecified atom stereocenters. The fourth-order valence-electron chi connectivity index (χ4n) is 3.61. The fraction of sp³-hybridized carbons (Fsp3) is 0.579. The fourth-order valence-corrected chi connectivity index (χ4v) is 3.61. The summed E-state index contributed by atoms with van der Waals surface area (Å²) in [6.45, 7) is 2.61. The average Bonchev–Trinajstić information content (AvgIpc) is 3.31. The molecule has 1 saturated carbocycles. The number of hydrogen-bond acceptors (Lipinski definition) is 7. The molecule has 0 amide bonds. The van der Waals surface area contributed by atoms with E-state index in [1.165, 1.54) is 19.3 Å². The van der Waals surface area contributed by atoms with Crippen LogP contribution in [0.15, 0.2) is 18.3 Å². The zero-order valence-corrected chi connectivity index (χ0v) is 16.5. The van der Waals surface area contributed by atoms with Gasteiger partial charge in [-0.1, -0.05) is 18.6 Å². The molecule has 3 heterocycles. The molecule has 0 spiro atoms. The van der Waals surface area contributed by atoms with Gasteiger partial charge in [-0.2, -0.15) is 0 Å². The summed E-state index contributed by atoms with van der Waals surface area (Å²) in [5.41, 5.74) is 2.42. The van der Waals surface area contributed by atoms with Crippen molar-refractivity contribution in [2.75, 3.05) is 0 Å². The largest absolute Gasteiger partial charge is 0.489 e. The summed E-state index contributed by atoms with van der Waals surface area (Å²) < 4.78 is 9.62. The molecule has 9 nitrogen and oxygen atoms in total. The first-order chi connectivity index (χ1) is 13.7. The van der Waals surface area contributed by atoms with Gasteiger partial charge in [0.25, 0.3) is 0 Å². The molecule has 3 aromatic rings. The normalized spacial score (nSPS) is 15.1. The molecule has 0 aromatic carbocycles. The zero-order chi connectivity index (χ0) is 19.3. The van der Waals surface area contributed by atoms with Crippen molar-refractivity contribution in [1.29, 1.82) is 0 Å². The first-order valence-electron chi connectivity index (χ1n) is 10.0. The van der Waals surface area contributed by atoms with Gasteiger partial charge < -0.3 is 4.74 Å². The summed E-state index contributed by atoms with van der Waals surface area (Å²) in [4.78, 5) is 4.57. The quantitative estimate of drug-likeness (QED) is 0.619. The maximum absolute atomic E-state index is 6.08. The molecule has 3 aromatic heterocycles. The first-order valence-corrected chi connectivity index (χ1v) is 10.0. The molecule has 4 rings (SSSR count). The van der Waals surface area contributed by atoms with Gasteiger partial charge in [0, 0.05) is 13.5 Å². The maximum atomic E-state index is 6.08. The molecule has 0 bridgehead atoms. The second-order valence-electron chi connectivity index (χ2n) is 7.27. The van der Waals surface area contributed by atoms with E-state index in [0.29, 0.717) is 12.6 Å². The number of aromatic nitrogens is 8. The molecule has 28 heavy (non-hydrogen) atoms. The Morgan fingerprint density at radius 2 is 1.96 bits per heavy atom. The predicted octanol–water partition coefficient (Wildman–Crippen LogP) is 2.58. The lowest BCUT2D eigenvalue weighted by Gasteiger charge is -2.22. The van der Waals surface area contributed by atoms with Crippen LogP contribution in [0.2, 0.25) is 0 Å². The lowest BCUT2D eigenvalue weighted by atomic mass is 9.98. The van der Waals surface area contributed by atoms with Crippen LogP contribution in [0.25, 0.3) is 11.4 Å². The summed E-state index contributed by atoms with van der Waals surface area (Å²) in [7, 11) is 1.87. The number of aryl methyl sites for hydroxylation is 2. The highest BCUT2D eigenvalue weighted by atomic mass is 16.5. The molecule has 9 heteroatoms.